The number of allylic oxidation sites excluding steroid dienone is 2. The maximum atomic E-state index is 12.6. The molecule has 0 saturated heterocycles. The fourth-order valence-electron chi connectivity index (χ4n) is 3.70. The maximum Gasteiger partial charge on any atom is 0.306 e. The van der Waals surface area contributed by atoms with Crippen LogP contribution in [0.25, 0.3) is 0 Å². The molecule has 0 aromatic heterocycles. The number of aliphatic hydroxyl groups excluding tert-OH is 1. The first-order valence-corrected chi connectivity index (χ1v) is 11.0. The van der Waals surface area contributed by atoms with Gasteiger partial charge in [-0.15, -0.1) is 13.2 Å². The molecular formula is C23H38N2O5. The number of hydrogen-bond donors (Lipinski definition) is 3. The molecule has 2 amide bonds. The molecule has 30 heavy (non-hydrogen) atoms. The van der Waals surface area contributed by atoms with Crippen LogP contribution in [0.2, 0.25) is 0 Å². The van der Waals surface area contributed by atoms with Gasteiger partial charge in [0.1, 0.15) is 6.10 Å². The van der Waals surface area contributed by atoms with Crippen LogP contribution in [0.1, 0.15) is 71.1 Å². The quantitative estimate of drug-likeness (QED) is 0.214. The average molecular weight is 423 g/mol. The monoisotopic (exact) mass is 422 g/mol. The minimum atomic E-state index is -0.555. The van der Waals surface area contributed by atoms with E-state index in [1.807, 2.05) is 6.08 Å². The van der Waals surface area contributed by atoms with E-state index in [0.29, 0.717) is 12.8 Å². The number of carbonyl (C=O) groups is 3. The highest BCUT2D eigenvalue weighted by Crippen LogP contribution is 2.29. The first kappa shape index (κ1) is 25.9. The van der Waals surface area contributed by atoms with E-state index in [1.165, 1.54) is 0 Å². The van der Waals surface area contributed by atoms with Gasteiger partial charge in [0.25, 0.3) is 0 Å². The molecule has 0 radical (unpaired) electrons. The summed E-state index contributed by atoms with van der Waals surface area (Å²) in [6.45, 7) is 9.14. The lowest BCUT2D eigenvalue weighted by molar-refractivity contribution is -0.148. The van der Waals surface area contributed by atoms with Gasteiger partial charge in [-0.25, -0.2) is 0 Å². The zero-order chi connectivity index (χ0) is 22.4. The Morgan fingerprint density at radius 1 is 1.17 bits per heavy atom. The van der Waals surface area contributed by atoms with Crippen molar-refractivity contribution in [2.24, 2.45) is 5.92 Å². The molecule has 0 bridgehead atoms. The molecule has 2 atom stereocenters. The van der Waals surface area contributed by atoms with Crippen LogP contribution in [0.15, 0.2) is 25.3 Å². The Hall–Kier alpha value is -2.15. The number of esters is 1. The number of hydrogen-bond acceptors (Lipinski definition) is 5. The Bertz CT molecular complexity index is 584. The van der Waals surface area contributed by atoms with Crippen LogP contribution < -0.4 is 10.6 Å². The number of carbonyl (C=O) groups excluding carboxylic acids is 3. The molecule has 1 aliphatic rings. The van der Waals surface area contributed by atoms with Gasteiger partial charge < -0.3 is 20.5 Å². The predicted octanol–water partition coefficient (Wildman–Crippen LogP) is 2.78. The van der Waals surface area contributed by atoms with Crippen molar-refractivity contribution >= 4 is 17.8 Å². The fourth-order valence-corrected chi connectivity index (χ4v) is 3.70. The van der Waals surface area contributed by atoms with Crippen LogP contribution in [-0.4, -0.2) is 47.7 Å². The van der Waals surface area contributed by atoms with Gasteiger partial charge in [-0.3, -0.25) is 14.4 Å². The Balaban J connectivity index is 2.43. The Kier molecular flexibility index (Phi) is 12.0. The van der Waals surface area contributed by atoms with E-state index in [-0.39, 0.29) is 37.4 Å². The Morgan fingerprint density at radius 2 is 1.87 bits per heavy atom. The summed E-state index contributed by atoms with van der Waals surface area (Å²) in [5.41, 5.74) is -0.555. The number of aliphatic hydroxyl groups is 1. The molecule has 170 valence electrons. The van der Waals surface area contributed by atoms with Gasteiger partial charge in [0.05, 0.1) is 24.6 Å². The third-order valence-electron chi connectivity index (χ3n) is 5.46. The van der Waals surface area contributed by atoms with Gasteiger partial charge in [0, 0.05) is 12.8 Å². The normalized spacial score (nSPS) is 16.9. The minimum Gasteiger partial charge on any atom is -0.461 e. The minimum absolute atomic E-state index is 0.0249. The molecule has 0 aromatic carbocycles. The van der Waals surface area contributed by atoms with Crippen LogP contribution >= 0.6 is 0 Å². The Morgan fingerprint density at radius 3 is 2.47 bits per heavy atom. The van der Waals surface area contributed by atoms with Crippen molar-refractivity contribution in [1.29, 1.82) is 0 Å². The molecule has 1 saturated carbocycles. The van der Waals surface area contributed by atoms with Crippen molar-refractivity contribution in [3.8, 4) is 0 Å². The number of rotatable bonds is 15. The van der Waals surface area contributed by atoms with Crippen LogP contribution in [0.4, 0.5) is 0 Å². The van der Waals surface area contributed by atoms with Crippen molar-refractivity contribution in [1.82, 2.24) is 10.6 Å². The fraction of sp³-hybridized carbons (Fsp3) is 0.696. The van der Waals surface area contributed by atoms with E-state index in [4.69, 9.17) is 4.74 Å². The van der Waals surface area contributed by atoms with E-state index < -0.39 is 17.6 Å². The Labute approximate surface area is 180 Å². The summed E-state index contributed by atoms with van der Waals surface area (Å²) in [5, 5.41) is 15.3. The number of amides is 2. The van der Waals surface area contributed by atoms with Gasteiger partial charge >= 0.3 is 5.97 Å². The second kappa shape index (κ2) is 14.0. The maximum absolute atomic E-state index is 12.6. The van der Waals surface area contributed by atoms with Crippen molar-refractivity contribution in [2.45, 2.75) is 82.8 Å². The summed E-state index contributed by atoms with van der Waals surface area (Å²) < 4.78 is 5.31. The van der Waals surface area contributed by atoms with Gasteiger partial charge in [-0.05, 0) is 45.4 Å². The molecule has 1 aliphatic carbocycles. The lowest BCUT2D eigenvalue weighted by atomic mass is 9.95. The summed E-state index contributed by atoms with van der Waals surface area (Å²) in [6, 6.07) is 0. The molecule has 0 aliphatic heterocycles. The van der Waals surface area contributed by atoms with Crippen molar-refractivity contribution in [3.05, 3.63) is 25.3 Å². The van der Waals surface area contributed by atoms with E-state index >= 15 is 0 Å². The highest BCUT2D eigenvalue weighted by atomic mass is 16.5. The summed E-state index contributed by atoms with van der Waals surface area (Å²) in [4.78, 5) is 36.8. The van der Waals surface area contributed by atoms with Gasteiger partial charge in [0.15, 0.2) is 0 Å². The first-order chi connectivity index (χ1) is 14.4. The highest BCUT2D eigenvalue weighted by Gasteiger charge is 2.35. The number of unbranched alkanes of at least 4 members (excludes halogenated alkanes) is 2. The molecule has 3 N–H and O–H groups in total. The van der Waals surface area contributed by atoms with Gasteiger partial charge in [-0.2, -0.15) is 0 Å². The summed E-state index contributed by atoms with van der Waals surface area (Å²) in [6.07, 6.45) is 9.69. The first-order valence-electron chi connectivity index (χ1n) is 11.0. The van der Waals surface area contributed by atoms with Crippen molar-refractivity contribution in [2.75, 3.05) is 13.2 Å². The molecule has 0 aromatic rings. The third-order valence-corrected chi connectivity index (χ3v) is 5.46. The molecule has 2 unspecified atom stereocenters. The predicted molar refractivity (Wildman–Crippen MR) is 117 cm³/mol. The van der Waals surface area contributed by atoms with E-state index in [2.05, 4.69) is 23.8 Å². The van der Waals surface area contributed by atoms with Crippen LogP contribution in [0, 0.1) is 5.92 Å². The summed E-state index contributed by atoms with van der Waals surface area (Å²) in [5.74, 6) is -1.36. The second-order valence-corrected chi connectivity index (χ2v) is 8.20. The average Bonchev–Trinajstić information content (AvgIpc) is 3.18. The molecule has 7 heteroatoms. The highest BCUT2D eigenvalue weighted by molar-refractivity contribution is 5.86. The van der Waals surface area contributed by atoms with Crippen LogP contribution in [0.3, 0.4) is 0 Å². The smallest absolute Gasteiger partial charge is 0.306 e. The van der Waals surface area contributed by atoms with Crippen LogP contribution in [-0.2, 0) is 19.1 Å². The largest absolute Gasteiger partial charge is 0.461 e. The molecule has 0 spiro atoms. The lowest BCUT2D eigenvalue weighted by Crippen LogP contribution is -2.50. The van der Waals surface area contributed by atoms with Crippen LogP contribution in [0.5, 0.6) is 0 Å². The lowest BCUT2D eigenvalue weighted by Gasteiger charge is -2.28. The van der Waals surface area contributed by atoms with Gasteiger partial charge in [-0.1, -0.05) is 25.0 Å². The van der Waals surface area contributed by atoms with Crippen molar-refractivity contribution in [3.63, 3.8) is 0 Å². The number of ether oxygens (including phenoxy) is 1. The summed E-state index contributed by atoms with van der Waals surface area (Å²) >= 11 is 0. The topological polar surface area (TPSA) is 105 Å². The number of nitrogens with one attached hydrogen (secondary N) is 2. The van der Waals surface area contributed by atoms with Crippen molar-refractivity contribution < 1.29 is 24.2 Å². The van der Waals surface area contributed by atoms with E-state index in [9.17, 15) is 19.5 Å². The third kappa shape index (κ3) is 9.57. The molecule has 0 heterocycles. The van der Waals surface area contributed by atoms with Gasteiger partial charge in [0.2, 0.25) is 11.8 Å². The summed E-state index contributed by atoms with van der Waals surface area (Å²) in [7, 11) is 0. The standard InChI is InChI=1S/C23H38N2O5/c1-4-6-7-8-12-21(28)30-18(3)16-24-22(29)19(11-5-2)15-20(27)25-23(17-26)13-9-10-14-23/h4-5,18-19,26H,1-2,6-17H2,3H3,(H,24,29)(H,25,27). The molecule has 1 fully saturated rings. The second-order valence-electron chi connectivity index (χ2n) is 8.20. The van der Waals surface area contributed by atoms with E-state index in [0.717, 1.165) is 44.9 Å². The molecular weight excluding hydrogens is 384 g/mol. The molecule has 1 rings (SSSR count). The SMILES string of the molecule is C=CCCCCC(=O)OC(C)CNC(=O)C(CC=C)CC(=O)NC1(CO)CCCC1. The zero-order valence-corrected chi connectivity index (χ0v) is 18.3. The van der Waals surface area contributed by atoms with E-state index in [1.54, 1.807) is 13.0 Å². The molecule has 7 nitrogen and oxygen atoms in total. The zero-order valence-electron chi connectivity index (χ0n) is 18.3.